The summed E-state index contributed by atoms with van der Waals surface area (Å²) in [7, 11) is 0. The third kappa shape index (κ3) is 4.71. The van der Waals surface area contributed by atoms with Crippen molar-refractivity contribution >= 4 is 11.8 Å². The Morgan fingerprint density at radius 1 is 1.04 bits per heavy atom. The van der Waals surface area contributed by atoms with Crippen LogP contribution in [0.3, 0.4) is 0 Å². The van der Waals surface area contributed by atoms with Crippen LogP contribution in [0.1, 0.15) is 18.4 Å². The normalized spacial score (nSPS) is 19.6. The number of rotatable bonds is 6. The van der Waals surface area contributed by atoms with Gasteiger partial charge in [-0.25, -0.2) is 0 Å². The van der Waals surface area contributed by atoms with Crippen molar-refractivity contribution in [2.75, 3.05) is 52.5 Å². The maximum Gasteiger partial charge on any atom is 0.234 e. The zero-order valence-corrected chi connectivity index (χ0v) is 15.6. The SMILES string of the molecule is O=C(CN1CCN(C(=O)C2CC2)CC1)NCCc1ccc2c(c1)OCCO2. The minimum Gasteiger partial charge on any atom is -0.486 e. The number of nitrogens with zero attached hydrogens (tertiary/aromatic N) is 2. The van der Waals surface area contributed by atoms with E-state index in [1.165, 1.54) is 0 Å². The van der Waals surface area contributed by atoms with Gasteiger partial charge in [0.05, 0.1) is 6.54 Å². The Morgan fingerprint density at radius 2 is 1.78 bits per heavy atom. The third-order valence-electron chi connectivity index (χ3n) is 5.32. The topological polar surface area (TPSA) is 71.1 Å². The van der Waals surface area contributed by atoms with Gasteiger partial charge in [0.15, 0.2) is 11.5 Å². The van der Waals surface area contributed by atoms with Crippen LogP contribution in [-0.4, -0.2) is 74.1 Å². The minimum absolute atomic E-state index is 0.0366. The first-order valence-electron chi connectivity index (χ1n) is 9.85. The maximum absolute atomic E-state index is 12.2. The van der Waals surface area contributed by atoms with E-state index in [4.69, 9.17) is 9.47 Å². The number of piperazine rings is 1. The monoisotopic (exact) mass is 373 g/mol. The Morgan fingerprint density at radius 3 is 2.52 bits per heavy atom. The molecule has 0 atom stereocenters. The first kappa shape index (κ1) is 18.1. The number of hydrogen-bond donors (Lipinski definition) is 1. The summed E-state index contributed by atoms with van der Waals surface area (Å²) in [6, 6.07) is 5.92. The highest BCUT2D eigenvalue weighted by molar-refractivity contribution is 5.81. The molecule has 27 heavy (non-hydrogen) atoms. The summed E-state index contributed by atoms with van der Waals surface area (Å²) in [5.41, 5.74) is 1.12. The standard InChI is InChI=1S/C20H27N3O4/c24-19(14-22-7-9-23(10-8-22)20(25)16-2-3-16)21-6-5-15-1-4-17-18(13-15)27-12-11-26-17/h1,4,13,16H,2-3,5-12,14H2,(H,21,24). The molecule has 0 bridgehead atoms. The predicted octanol–water partition coefficient (Wildman–Crippen LogP) is 0.671. The van der Waals surface area contributed by atoms with Gasteiger partial charge in [-0.15, -0.1) is 0 Å². The summed E-state index contributed by atoms with van der Waals surface area (Å²) >= 11 is 0. The Kier molecular flexibility index (Phi) is 5.48. The van der Waals surface area contributed by atoms with Gasteiger partial charge in [-0.05, 0) is 37.0 Å². The molecule has 0 aromatic heterocycles. The fourth-order valence-electron chi connectivity index (χ4n) is 3.56. The summed E-state index contributed by atoms with van der Waals surface area (Å²) in [5, 5.41) is 2.99. The summed E-state index contributed by atoms with van der Waals surface area (Å²) in [6.07, 6.45) is 2.85. The van der Waals surface area contributed by atoms with Crippen molar-refractivity contribution < 1.29 is 19.1 Å². The Balaban J connectivity index is 1.15. The van der Waals surface area contributed by atoms with Gasteiger partial charge in [-0.2, -0.15) is 0 Å². The fraction of sp³-hybridized carbons (Fsp3) is 0.600. The van der Waals surface area contributed by atoms with Gasteiger partial charge in [-0.1, -0.05) is 6.07 Å². The molecule has 1 N–H and O–H groups in total. The van der Waals surface area contributed by atoms with E-state index < -0.39 is 0 Å². The van der Waals surface area contributed by atoms with Crippen LogP contribution in [0.5, 0.6) is 11.5 Å². The van der Waals surface area contributed by atoms with Gasteiger partial charge in [0.25, 0.3) is 0 Å². The van der Waals surface area contributed by atoms with Gasteiger partial charge in [0.2, 0.25) is 11.8 Å². The molecule has 1 aliphatic carbocycles. The highest BCUT2D eigenvalue weighted by Crippen LogP contribution is 2.31. The molecule has 7 heteroatoms. The zero-order valence-electron chi connectivity index (χ0n) is 15.6. The van der Waals surface area contributed by atoms with Crippen molar-refractivity contribution in [3.05, 3.63) is 23.8 Å². The quantitative estimate of drug-likeness (QED) is 0.794. The van der Waals surface area contributed by atoms with E-state index in [1.54, 1.807) is 0 Å². The number of carbonyl (C=O) groups is 2. The molecular weight excluding hydrogens is 346 g/mol. The molecule has 146 valence electrons. The second kappa shape index (κ2) is 8.17. The Bertz CT molecular complexity index is 696. The van der Waals surface area contributed by atoms with Crippen LogP contribution in [0.2, 0.25) is 0 Å². The van der Waals surface area contributed by atoms with Crippen molar-refractivity contribution in [1.29, 1.82) is 0 Å². The van der Waals surface area contributed by atoms with Crippen molar-refractivity contribution in [3.63, 3.8) is 0 Å². The molecule has 1 aromatic rings. The van der Waals surface area contributed by atoms with Gasteiger partial charge in [0, 0.05) is 38.6 Å². The number of hydrogen-bond acceptors (Lipinski definition) is 5. The lowest BCUT2D eigenvalue weighted by Crippen LogP contribution is -2.51. The molecule has 0 radical (unpaired) electrons. The maximum atomic E-state index is 12.2. The lowest BCUT2D eigenvalue weighted by Gasteiger charge is -2.34. The van der Waals surface area contributed by atoms with Crippen LogP contribution in [0.15, 0.2) is 18.2 Å². The smallest absolute Gasteiger partial charge is 0.234 e. The number of carbonyl (C=O) groups excluding carboxylic acids is 2. The lowest BCUT2D eigenvalue weighted by atomic mass is 10.1. The lowest BCUT2D eigenvalue weighted by molar-refractivity contribution is -0.134. The van der Waals surface area contributed by atoms with E-state index in [0.717, 1.165) is 62.5 Å². The third-order valence-corrected chi connectivity index (χ3v) is 5.32. The molecule has 2 aliphatic heterocycles. The second-order valence-corrected chi connectivity index (χ2v) is 7.45. The van der Waals surface area contributed by atoms with Crippen LogP contribution in [0.4, 0.5) is 0 Å². The molecule has 7 nitrogen and oxygen atoms in total. The van der Waals surface area contributed by atoms with E-state index in [9.17, 15) is 9.59 Å². The Hall–Kier alpha value is -2.28. The molecule has 2 heterocycles. The average molecular weight is 373 g/mol. The number of amides is 2. The summed E-state index contributed by atoms with van der Waals surface area (Å²) in [5.74, 6) is 2.19. The molecule has 4 rings (SSSR count). The van der Waals surface area contributed by atoms with Crippen molar-refractivity contribution in [2.45, 2.75) is 19.3 Å². The van der Waals surface area contributed by atoms with Gasteiger partial charge in [0.1, 0.15) is 13.2 Å². The molecule has 3 aliphatic rings. The second-order valence-electron chi connectivity index (χ2n) is 7.45. The summed E-state index contributed by atoms with van der Waals surface area (Å²) in [6.45, 7) is 5.17. The largest absolute Gasteiger partial charge is 0.486 e. The van der Waals surface area contributed by atoms with E-state index in [1.807, 2.05) is 23.1 Å². The first-order chi connectivity index (χ1) is 13.2. The van der Waals surface area contributed by atoms with Gasteiger partial charge < -0.3 is 19.7 Å². The molecule has 2 fully saturated rings. The summed E-state index contributed by atoms with van der Waals surface area (Å²) in [4.78, 5) is 28.3. The Labute approximate surface area is 159 Å². The summed E-state index contributed by atoms with van der Waals surface area (Å²) < 4.78 is 11.1. The molecule has 1 saturated heterocycles. The average Bonchev–Trinajstić information content (AvgIpc) is 3.53. The van der Waals surface area contributed by atoms with Crippen molar-refractivity contribution in [3.8, 4) is 11.5 Å². The van der Waals surface area contributed by atoms with E-state index in [2.05, 4.69) is 10.2 Å². The van der Waals surface area contributed by atoms with Crippen molar-refractivity contribution in [2.24, 2.45) is 5.92 Å². The van der Waals surface area contributed by atoms with Gasteiger partial charge >= 0.3 is 0 Å². The van der Waals surface area contributed by atoms with Crippen LogP contribution < -0.4 is 14.8 Å². The molecule has 1 aromatic carbocycles. The number of fused-ring (bicyclic) bond motifs is 1. The van der Waals surface area contributed by atoms with E-state index >= 15 is 0 Å². The number of nitrogens with one attached hydrogen (secondary N) is 1. The van der Waals surface area contributed by atoms with E-state index in [-0.39, 0.29) is 11.8 Å². The predicted molar refractivity (Wildman–Crippen MR) is 99.9 cm³/mol. The molecule has 0 unspecified atom stereocenters. The fourth-order valence-corrected chi connectivity index (χ4v) is 3.56. The molecule has 1 saturated carbocycles. The number of ether oxygens (including phenoxy) is 2. The van der Waals surface area contributed by atoms with E-state index in [0.29, 0.717) is 32.2 Å². The van der Waals surface area contributed by atoms with Crippen LogP contribution >= 0.6 is 0 Å². The zero-order chi connectivity index (χ0) is 18.6. The first-order valence-corrected chi connectivity index (χ1v) is 9.85. The van der Waals surface area contributed by atoms with Crippen LogP contribution in [0.25, 0.3) is 0 Å². The van der Waals surface area contributed by atoms with Crippen molar-refractivity contribution in [1.82, 2.24) is 15.1 Å². The highest BCUT2D eigenvalue weighted by atomic mass is 16.6. The van der Waals surface area contributed by atoms with Crippen LogP contribution in [0, 0.1) is 5.92 Å². The number of benzene rings is 1. The van der Waals surface area contributed by atoms with Gasteiger partial charge in [-0.3, -0.25) is 14.5 Å². The minimum atomic E-state index is 0.0366. The molecular formula is C20H27N3O4. The molecule has 0 spiro atoms. The van der Waals surface area contributed by atoms with Crippen LogP contribution in [-0.2, 0) is 16.0 Å². The molecule has 2 amide bonds. The highest BCUT2D eigenvalue weighted by Gasteiger charge is 2.34.